The second-order valence-electron chi connectivity index (χ2n) is 4.06. The maximum atomic E-state index is 5.20. The normalized spacial score (nSPS) is 13.7. The van der Waals surface area contributed by atoms with Gasteiger partial charge in [-0.1, -0.05) is 30.4 Å². The monoisotopic (exact) mass is 271 g/mol. The van der Waals surface area contributed by atoms with E-state index in [1.165, 1.54) is 0 Å². The number of benzene rings is 1. The summed E-state index contributed by atoms with van der Waals surface area (Å²) in [6.45, 7) is 5.58. The molecule has 0 amide bonds. The average molecular weight is 271 g/mol. The number of allylic oxidation sites excluding steroid dienone is 4. The highest BCUT2D eigenvalue weighted by Crippen LogP contribution is 2.21. The summed E-state index contributed by atoms with van der Waals surface area (Å²) < 4.78 is 10.3. The lowest BCUT2D eigenvalue weighted by Crippen LogP contribution is -1.91. The van der Waals surface area contributed by atoms with Crippen molar-refractivity contribution >= 4 is 6.72 Å². The molecular weight excluding hydrogens is 250 g/mol. The second kappa shape index (κ2) is 8.75. The van der Waals surface area contributed by atoms with Crippen molar-refractivity contribution in [2.45, 2.75) is 13.0 Å². The second-order valence-corrected chi connectivity index (χ2v) is 4.06. The van der Waals surface area contributed by atoms with Crippen LogP contribution >= 0.6 is 0 Å². The summed E-state index contributed by atoms with van der Waals surface area (Å²) >= 11 is 0. The van der Waals surface area contributed by atoms with Crippen LogP contribution in [-0.4, -0.2) is 20.9 Å². The van der Waals surface area contributed by atoms with E-state index in [0.717, 1.165) is 17.1 Å². The van der Waals surface area contributed by atoms with Crippen LogP contribution in [0.4, 0.5) is 0 Å². The SMILES string of the molecule is C=NC(/C=C/C=C(\C=C/C)OC)c1ccc(OC)cc1. The molecule has 1 atom stereocenters. The van der Waals surface area contributed by atoms with Crippen molar-refractivity contribution in [1.29, 1.82) is 0 Å². The van der Waals surface area contributed by atoms with Crippen molar-refractivity contribution < 1.29 is 9.47 Å². The summed E-state index contributed by atoms with van der Waals surface area (Å²) in [6.07, 6.45) is 9.60. The first-order valence-electron chi connectivity index (χ1n) is 6.40. The van der Waals surface area contributed by atoms with E-state index in [1.54, 1.807) is 14.2 Å². The lowest BCUT2D eigenvalue weighted by molar-refractivity contribution is 0.307. The van der Waals surface area contributed by atoms with Gasteiger partial charge < -0.3 is 9.47 Å². The lowest BCUT2D eigenvalue weighted by atomic mass is 10.1. The molecule has 1 aromatic carbocycles. The van der Waals surface area contributed by atoms with Crippen molar-refractivity contribution in [2.75, 3.05) is 14.2 Å². The summed E-state index contributed by atoms with van der Waals surface area (Å²) in [5.74, 6) is 1.62. The predicted octanol–water partition coefficient (Wildman–Crippen LogP) is 4.10. The number of nitrogens with zero attached hydrogens (tertiary/aromatic N) is 1. The number of aliphatic imine (C=N–C) groups is 1. The Bertz CT molecular complexity index is 498. The minimum atomic E-state index is -0.0825. The van der Waals surface area contributed by atoms with Crippen LogP contribution < -0.4 is 4.74 Å². The lowest BCUT2D eigenvalue weighted by Gasteiger charge is -2.08. The largest absolute Gasteiger partial charge is 0.497 e. The number of methoxy groups -OCH3 is 2. The zero-order valence-electron chi connectivity index (χ0n) is 12.2. The standard InChI is InChI=1S/C17H21NO2/c1-5-7-15(19-3)8-6-9-17(18-2)14-10-12-16(20-4)13-11-14/h5-13,17H,2H2,1,3-4H3/b7-5-,9-6+,15-8+. The van der Waals surface area contributed by atoms with Crippen LogP contribution in [0.2, 0.25) is 0 Å². The molecule has 3 heteroatoms. The Labute approximate surface area is 120 Å². The quantitative estimate of drug-likeness (QED) is 0.424. The highest BCUT2D eigenvalue weighted by Gasteiger charge is 2.04. The van der Waals surface area contributed by atoms with Crippen molar-refractivity contribution in [3.05, 3.63) is 66.0 Å². The van der Waals surface area contributed by atoms with Crippen LogP contribution in [0.3, 0.4) is 0 Å². The molecule has 0 fully saturated rings. The molecule has 106 valence electrons. The minimum absolute atomic E-state index is 0.0825. The molecule has 0 aliphatic rings. The fraction of sp³-hybridized carbons (Fsp3) is 0.235. The third-order valence-corrected chi connectivity index (χ3v) is 2.77. The molecule has 1 unspecified atom stereocenters. The van der Waals surface area contributed by atoms with Gasteiger partial charge in [0.15, 0.2) is 0 Å². The third-order valence-electron chi connectivity index (χ3n) is 2.77. The molecule has 20 heavy (non-hydrogen) atoms. The molecule has 0 N–H and O–H groups in total. The Morgan fingerprint density at radius 1 is 1.25 bits per heavy atom. The summed E-state index contributed by atoms with van der Waals surface area (Å²) in [5.41, 5.74) is 1.07. The average Bonchev–Trinajstić information content (AvgIpc) is 2.50. The highest BCUT2D eigenvalue weighted by molar-refractivity contribution is 5.35. The summed E-state index contributed by atoms with van der Waals surface area (Å²) in [6, 6.07) is 7.71. The van der Waals surface area contributed by atoms with Gasteiger partial charge in [0, 0.05) is 0 Å². The molecule has 0 aromatic heterocycles. The Kier molecular flexibility index (Phi) is 6.90. The highest BCUT2D eigenvalue weighted by atomic mass is 16.5. The van der Waals surface area contributed by atoms with Gasteiger partial charge in [0.25, 0.3) is 0 Å². The van der Waals surface area contributed by atoms with Crippen molar-refractivity contribution in [3.8, 4) is 5.75 Å². The summed E-state index contributed by atoms with van der Waals surface area (Å²) in [7, 11) is 3.29. The minimum Gasteiger partial charge on any atom is -0.497 e. The van der Waals surface area contributed by atoms with E-state index in [9.17, 15) is 0 Å². The Morgan fingerprint density at radius 3 is 2.45 bits per heavy atom. The molecule has 0 aliphatic carbocycles. The van der Waals surface area contributed by atoms with Crippen LogP contribution in [-0.2, 0) is 4.74 Å². The van der Waals surface area contributed by atoms with Gasteiger partial charge in [0.2, 0.25) is 0 Å². The van der Waals surface area contributed by atoms with Crippen molar-refractivity contribution in [1.82, 2.24) is 0 Å². The van der Waals surface area contributed by atoms with Crippen molar-refractivity contribution in [2.24, 2.45) is 4.99 Å². The van der Waals surface area contributed by atoms with Gasteiger partial charge in [-0.05, 0) is 43.5 Å². The van der Waals surface area contributed by atoms with E-state index in [-0.39, 0.29) is 6.04 Å². The molecule has 0 saturated carbocycles. The Hall–Kier alpha value is -2.29. The Balaban J connectivity index is 2.82. The van der Waals surface area contributed by atoms with Gasteiger partial charge in [-0.2, -0.15) is 0 Å². The van der Waals surface area contributed by atoms with E-state index in [0.29, 0.717) is 0 Å². The summed E-state index contributed by atoms with van der Waals surface area (Å²) in [5, 5.41) is 0. The molecule has 0 radical (unpaired) electrons. The van der Waals surface area contributed by atoms with Crippen molar-refractivity contribution in [3.63, 3.8) is 0 Å². The third kappa shape index (κ3) is 4.76. The number of hydrogen-bond donors (Lipinski definition) is 0. The molecule has 1 rings (SSSR count). The van der Waals surface area contributed by atoms with Crippen LogP contribution in [0.1, 0.15) is 18.5 Å². The zero-order valence-corrected chi connectivity index (χ0v) is 12.2. The van der Waals surface area contributed by atoms with Crippen LogP contribution in [0, 0.1) is 0 Å². The van der Waals surface area contributed by atoms with Crippen LogP contribution in [0.25, 0.3) is 0 Å². The van der Waals surface area contributed by atoms with E-state index in [1.807, 2.05) is 61.6 Å². The molecule has 0 spiro atoms. The fourth-order valence-corrected chi connectivity index (χ4v) is 1.69. The van der Waals surface area contributed by atoms with Gasteiger partial charge in [0.1, 0.15) is 11.5 Å². The fourth-order valence-electron chi connectivity index (χ4n) is 1.69. The maximum Gasteiger partial charge on any atom is 0.118 e. The van der Waals surface area contributed by atoms with Crippen LogP contribution in [0.15, 0.2) is 65.4 Å². The van der Waals surface area contributed by atoms with Gasteiger partial charge in [0.05, 0.1) is 20.3 Å². The topological polar surface area (TPSA) is 30.8 Å². The van der Waals surface area contributed by atoms with Gasteiger partial charge >= 0.3 is 0 Å². The first-order chi connectivity index (χ1) is 9.74. The molecule has 1 aromatic rings. The molecule has 0 saturated heterocycles. The zero-order chi connectivity index (χ0) is 14.8. The molecular formula is C17H21NO2. The van der Waals surface area contributed by atoms with Gasteiger partial charge in [-0.25, -0.2) is 0 Å². The number of hydrogen-bond acceptors (Lipinski definition) is 3. The van der Waals surface area contributed by atoms with E-state index in [4.69, 9.17) is 9.47 Å². The molecule has 0 bridgehead atoms. The van der Waals surface area contributed by atoms with Gasteiger partial charge in [-0.15, -0.1) is 0 Å². The van der Waals surface area contributed by atoms with Crippen LogP contribution in [0.5, 0.6) is 5.75 Å². The number of ether oxygens (including phenoxy) is 2. The van der Waals surface area contributed by atoms with E-state index >= 15 is 0 Å². The summed E-state index contributed by atoms with van der Waals surface area (Å²) in [4.78, 5) is 4.12. The Morgan fingerprint density at radius 2 is 1.95 bits per heavy atom. The predicted molar refractivity (Wildman–Crippen MR) is 84.3 cm³/mol. The van der Waals surface area contributed by atoms with E-state index < -0.39 is 0 Å². The van der Waals surface area contributed by atoms with Gasteiger partial charge in [-0.3, -0.25) is 4.99 Å². The molecule has 0 heterocycles. The molecule has 3 nitrogen and oxygen atoms in total. The molecule has 0 aliphatic heterocycles. The number of rotatable bonds is 7. The van der Waals surface area contributed by atoms with E-state index in [2.05, 4.69) is 11.7 Å². The first kappa shape index (κ1) is 15.8. The first-order valence-corrected chi connectivity index (χ1v) is 6.40. The maximum absolute atomic E-state index is 5.20. The smallest absolute Gasteiger partial charge is 0.118 e.